The molecule has 2 aromatic carbocycles. The first-order chi connectivity index (χ1) is 13.6. The molecule has 0 radical (unpaired) electrons. The molecule has 0 aliphatic rings. The standard InChI is InChI=1S/C24H21N3O/c1-16-10-11-21-19(13-16)20(14-23(27-21)22-9-5-6-12-25-22)24(28)26-15-18-8-4-3-7-17(18)2/h3-14H,15H2,1-2H3,(H,26,28). The number of hydrogen-bond acceptors (Lipinski definition) is 3. The van der Waals surface area contributed by atoms with Crippen molar-refractivity contribution in [1.82, 2.24) is 15.3 Å². The molecule has 4 heteroatoms. The van der Waals surface area contributed by atoms with Crippen LogP contribution in [0.2, 0.25) is 0 Å². The van der Waals surface area contributed by atoms with Crippen LogP contribution in [-0.4, -0.2) is 15.9 Å². The average Bonchev–Trinajstić information content (AvgIpc) is 2.73. The summed E-state index contributed by atoms with van der Waals surface area (Å²) >= 11 is 0. The smallest absolute Gasteiger partial charge is 0.252 e. The van der Waals surface area contributed by atoms with E-state index in [1.54, 1.807) is 6.20 Å². The normalized spacial score (nSPS) is 10.8. The SMILES string of the molecule is Cc1ccc2nc(-c3ccccn3)cc(C(=O)NCc3ccccc3C)c2c1. The lowest BCUT2D eigenvalue weighted by Crippen LogP contribution is -2.23. The summed E-state index contributed by atoms with van der Waals surface area (Å²) in [6, 6.07) is 21.5. The number of pyridine rings is 2. The van der Waals surface area contributed by atoms with Gasteiger partial charge in [0.2, 0.25) is 0 Å². The van der Waals surface area contributed by atoms with E-state index in [0.717, 1.165) is 33.3 Å². The van der Waals surface area contributed by atoms with Crippen molar-refractivity contribution in [3.8, 4) is 11.4 Å². The Morgan fingerprint density at radius 1 is 0.929 bits per heavy atom. The summed E-state index contributed by atoms with van der Waals surface area (Å²) in [6.45, 7) is 4.55. The van der Waals surface area contributed by atoms with Crippen LogP contribution in [0, 0.1) is 13.8 Å². The van der Waals surface area contributed by atoms with Crippen LogP contribution in [0.15, 0.2) is 72.9 Å². The van der Waals surface area contributed by atoms with Crippen molar-refractivity contribution in [2.24, 2.45) is 0 Å². The monoisotopic (exact) mass is 367 g/mol. The van der Waals surface area contributed by atoms with E-state index in [4.69, 9.17) is 4.98 Å². The molecule has 0 atom stereocenters. The van der Waals surface area contributed by atoms with Gasteiger partial charge in [-0.25, -0.2) is 4.98 Å². The lowest BCUT2D eigenvalue weighted by Gasteiger charge is -2.12. The Kier molecular flexibility index (Phi) is 4.85. The first-order valence-corrected chi connectivity index (χ1v) is 9.27. The molecule has 4 rings (SSSR count). The third-order valence-corrected chi connectivity index (χ3v) is 4.84. The quantitative estimate of drug-likeness (QED) is 0.561. The van der Waals surface area contributed by atoms with Gasteiger partial charge in [0, 0.05) is 18.1 Å². The van der Waals surface area contributed by atoms with Crippen LogP contribution >= 0.6 is 0 Å². The van der Waals surface area contributed by atoms with E-state index in [1.165, 1.54) is 0 Å². The second-order valence-corrected chi connectivity index (χ2v) is 6.90. The molecular formula is C24H21N3O. The molecule has 0 bridgehead atoms. The molecule has 0 aliphatic heterocycles. The summed E-state index contributed by atoms with van der Waals surface area (Å²) in [4.78, 5) is 22.2. The summed E-state index contributed by atoms with van der Waals surface area (Å²) in [5.41, 5.74) is 6.20. The molecule has 0 spiro atoms. The Morgan fingerprint density at radius 3 is 2.54 bits per heavy atom. The summed E-state index contributed by atoms with van der Waals surface area (Å²) in [7, 11) is 0. The Labute approximate surface area is 164 Å². The average molecular weight is 367 g/mol. The van der Waals surface area contributed by atoms with Gasteiger partial charge in [-0.2, -0.15) is 0 Å². The third-order valence-electron chi connectivity index (χ3n) is 4.84. The number of nitrogens with one attached hydrogen (secondary N) is 1. The molecule has 28 heavy (non-hydrogen) atoms. The highest BCUT2D eigenvalue weighted by molar-refractivity contribution is 6.07. The van der Waals surface area contributed by atoms with Crippen molar-refractivity contribution in [2.75, 3.05) is 0 Å². The van der Waals surface area contributed by atoms with Crippen LogP contribution < -0.4 is 5.32 Å². The number of fused-ring (bicyclic) bond motifs is 1. The molecule has 0 unspecified atom stereocenters. The number of aryl methyl sites for hydroxylation is 2. The minimum atomic E-state index is -0.113. The molecule has 4 aromatic rings. The second kappa shape index (κ2) is 7.61. The molecule has 138 valence electrons. The highest BCUT2D eigenvalue weighted by Crippen LogP contribution is 2.25. The van der Waals surface area contributed by atoms with E-state index < -0.39 is 0 Å². The minimum absolute atomic E-state index is 0.113. The van der Waals surface area contributed by atoms with Gasteiger partial charge in [-0.05, 0) is 55.3 Å². The largest absolute Gasteiger partial charge is 0.348 e. The first kappa shape index (κ1) is 17.9. The topological polar surface area (TPSA) is 54.9 Å². The molecule has 2 heterocycles. The fourth-order valence-electron chi connectivity index (χ4n) is 3.25. The van der Waals surface area contributed by atoms with Crippen molar-refractivity contribution in [3.05, 3.63) is 95.2 Å². The minimum Gasteiger partial charge on any atom is -0.348 e. The number of benzene rings is 2. The maximum Gasteiger partial charge on any atom is 0.252 e. The van der Waals surface area contributed by atoms with E-state index in [1.807, 2.05) is 80.6 Å². The van der Waals surface area contributed by atoms with Gasteiger partial charge in [-0.1, -0.05) is 42.0 Å². The van der Waals surface area contributed by atoms with Crippen LogP contribution in [0.4, 0.5) is 0 Å². The maximum absolute atomic E-state index is 13.1. The lowest BCUT2D eigenvalue weighted by molar-refractivity contribution is 0.0952. The highest BCUT2D eigenvalue weighted by atomic mass is 16.1. The molecule has 2 aromatic heterocycles. The van der Waals surface area contributed by atoms with E-state index in [9.17, 15) is 4.79 Å². The number of amides is 1. The molecule has 0 saturated carbocycles. The zero-order valence-corrected chi connectivity index (χ0v) is 15.9. The number of rotatable bonds is 4. The maximum atomic E-state index is 13.1. The summed E-state index contributed by atoms with van der Waals surface area (Å²) in [5.74, 6) is -0.113. The highest BCUT2D eigenvalue weighted by Gasteiger charge is 2.15. The molecular weight excluding hydrogens is 346 g/mol. The van der Waals surface area contributed by atoms with Crippen molar-refractivity contribution < 1.29 is 4.79 Å². The fourth-order valence-corrected chi connectivity index (χ4v) is 3.25. The van der Waals surface area contributed by atoms with Crippen molar-refractivity contribution in [1.29, 1.82) is 0 Å². The fraction of sp³-hybridized carbons (Fsp3) is 0.125. The van der Waals surface area contributed by atoms with Crippen LogP contribution in [0.5, 0.6) is 0 Å². The number of aromatic nitrogens is 2. The Hall–Kier alpha value is -3.53. The number of carbonyl (C=O) groups excluding carboxylic acids is 1. The van der Waals surface area contributed by atoms with E-state index in [0.29, 0.717) is 17.8 Å². The first-order valence-electron chi connectivity index (χ1n) is 9.27. The number of nitrogens with zero attached hydrogens (tertiary/aromatic N) is 2. The second-order valence-electron chi connectivity index (χ2n) is 6.90. The Morgan fingerprint density at radius 2 is 1.75 bits per heavy atom. The number of hydrogen-bond donors (Lipinski definition) is 1. The van der Waals surface area contributed by atoms with Gasteiger partial charge in [-0.3, -0.25) is 9.78 Å². The van der Waals surface area contributed by atoms with Gasteiger partial charge < -0.3 is 5.32 Å². The van der Waals surface area contributed by atoms with E-state index in [-0.39, 0.29) is 5.91 Å². The molecule has 1 N–H and O–H groups in total. The molecule has 1 amide bonds. The van der Waals surface area contributed by atoms with Crippen molar-refractivity contribution in [2.45, 2.75) is 20.4 Å². The van der Waals surface area contributed by atoms with Gasteiger partial charge in [0.05, 0.1) is 22.5 Å². The van der Waals surface area contributed by atoms with Gasteiger partial charge in [-0.15, -0.1) is 0 Å². The van der Waals surface area contributed by atoms with E-state index in [2.05, 4.69) is 10.3 Å². The molecule has 4 nitrogen and oxygen atoms in total. The van der Waals surface area contributed by atoms with Crippen LogP contribution in [0.1, 0.15) is 27.0 Å². The lowest BCUT2D eigenvalue weighted by atomic mass is 10.0. The summed E-state index contributed by atoms with van der Waals surface area (Å²) in [6.07, 6.45) is 1.73. The van der Waals surface area contributed by atoms with Gasteiger partial charge >= 0.3 is 0 Å². The zero-order chi connectivity index (χ0) is 19.5. The Bertz CT molecular complexity index is 1150. The third kappa shape index (κ3) is 3.62. The molecule has 0 aliphatic carbocycles. The van der Waals surface area contributed by atoms with E-state index >= 15 is 0 Å². The van der Waals surface area contributed by atoms with Crippen LogP contribution in [0.3, 0.4) is 0 Å². The predicted molar refractivity (Wildman–Crippen MR) is 112 cm³/mol. The van der Waals surface area contributed by atoms with Gasteiger partial charge in [0.25, 0.3) is 5.91 Å². The summed E-state index contributed by atoms with van der Waals surface area (Å²) < 4.78 is 0. The number of carbonyl (C=O) groups is 1. The summed E-state index contributed by atoms with van der Waals surface area (Å²) in [5, 5.41) is 3.91. The van der Waals surface area contributed by atoms with Gasteiger partial charge in [0.15, 0.2) is 0 Å². The van der Waals surface area contributed by atoms with Crippen molar-refractivity contribution in [3.63, 3.8) is 0 Å². The van der Waals surface area contributed by atoms with Crippen LogP contribution in [0.25, 0.3) is 22.3 Å². The molecule has 0 fully saturated rings. The van der Waals surface area contributed by atoms with Crippen molar-refractivity contribution >= 4 is 16.8 Å². The Balaban J connectivity index is 1.74. The van der Waals surface area contributed by atoms with Gasteiger partial charge in [0.1, 0.15) is 0 Å². The predicted octanol–water partition coefficient (Wildman–Crippen LogP) is 4.84. The molecule has 0 saturated heterocycles. The van der Waals surface area contributed by atoms with Crippen LogP contribution in [-0.2, 0) is 6.54 Å². The zero-order valence-electron chi connectivity index (χ0n) is 15.9.